The van der Waals surface area contributed by atoms with Gasteiger partial charge in [-0.1, -0.05) is 12.1 Å². The molecule has 112 valence electrons. The lowest BCUT2D eigenvalue weighted by atomic mass is 10.1. The van der Waals surface area contributed by atoms with Crippen molar-refractivity contribution in [3.05, 3.63) is 29.8 Å². The first-order chi connectivity index (χ1) is 10.1. The van der Waals surface area contributed by atoms with E-state index in [0.717, 1.165) is 12.8 Å². The Morgan fingerprint density at radius 2 is 2.05 bits per heavy atom. The third-order valence-electron chi connectivity index (χ3n) is 3.36. The minimum atomic E-state index is -0.514. The minimum Gasteiger partial charge on any atom is -0.465 e. The molecule has 1 aliphatic rings. The maximum absolute atomic E-state index is 12.0. The second-order valence-electron chi connectivity index (χ2n) is 4.86. The number of anilines is 1. The normalized spacial score (nSPS) is 14.7. The Bertz CT molecular complexity index is 556. The summed E-state index contributed by atoms with van der Waals surface area (Å²) in [6.45, 7) is 0.610. The van der Waals surface area contributed by atoms with E-state index in [4.69, 9.17) is 0 Å². The fourth-order valence-electron chi connectivity index (χ4n) is 2.27. The van der Waals surface area contributed by atoms with Crippen LogP contribution in [-0.2, 0) is 14.3 Å². The zero-order valence-corrected chi connectivity index (χ0v) is 11.9. The standard InChI is InChI=1S/C15H18N2O4/c1-21-15(20)11-6-2-3-7-12(11)16-13(18)10-17-9-5-4-8-14(17)19/h2-3,6-7H,4-5,8-10H2,1H3,(H,16,18). The number of likely N-dealkylation sites (tertiary alicyclic amines) is 1. The van der Waals surface area contributed by atoms with Crippen LogP contribution < -0.4 is 5.32 Å². The molecule has 6 nitrogen and oxygen atoms in total. The number of methoxy groups -OCH3 is 1. The van der Waals surface area contributed by atoms with Crippen LogP contribution in [0.4, 0.5) is 5.69 Å². The van der Waals surface area contributed by atoms with Crippen LogP contribution in [0.5, 0.6) is 0 Å². The Balaban J connectivity index is 2.02. The van der Waals surface area contributed by atoms with Crippen LogP contribution in [-0.4, -0.2) is 42.9 Å². The highest BCUT2D eigenvalue weighted by atomic mass is 16.5. The van der Waals surface area contributed by atoms with Gasteiger partial charge in [0.1, 0.15) is 0 Å². The van der Waals surface area contributed by atoms with Crippen molar-refractivity contribution in [3.63, 3.8) is 0 Å². The molecule has 0 aliphatic carbocycles. The van der Waals surface area contributed by atoms with Crippen molar-refractivity contribution in [1.29, 1.82) is 0 Å². The maximum Gasteiger partial charge on any atom is 0.339 e. The Labute approximate surface area is 123 Å². The predicted octanol–water partition coefficient (Wildman–Crippen LogP) is 1.42. The molecule has 1 N–H and O–H groups in total. The quantitative estimate of drug-likeness (QED) is 0.851. The zero-order valence-electron chi connectivity index (χ0n) is 11.9. The van der Waals surface area contributed by atoms with Crippen molar-refractivity contribution in [2.75, 3.05) is 25.5 Å². The number of esters is 1. The van der Waals surface area contributed by atoms with E-state index >= 15 is 0 Å². The molecule has 1 heterocycles. The number of carbonyl (C=O) groups is 3. The molecule has 21 heavy (non-hydrogen) atoms. The molecule has 0 atom stereocenters. The summed E-state index contributed by atoms with van der Waals surface area (Å²) in [6, 6.07) is 6.61. The van der Waals surface area contributed by atoms with E-state index < -0.39 is 5.97 Å². The highest BCUT2D eigenvalue weighted by Crippen LogP contribution is 2.16. The predicted molar refractivity (Wildman–Crippen MR) is 76.8 cm³/mol. The van der Waals surface area contributed by atoms with E-state index in [1.54, 1.807) is 29.2 Å². The molecule has 0 unspecified atom stereocenters. The van der Waals surface area contributed by atoms with E-state index in [9.17, 15) is 14.4 Å². The van der Waals surface area contributed by atoms with Gasteiger partial charge in [-0.2, -0.15) is 0 Å². The molecule has 2 rings (SSSR count). The second kappa shape index (κ2) is 6.88. The van der Waals surface area contributed by atoms with Gasteiger partial charge in [0.15, 0.2) is 0 Å². The number of carbonyl (C=O) groups excluding carboxylic acids is 3. The summed E-state index contributed by atoms with van der Waals surface area (Å²) in [5.41, 5.74) is 0.678. The maximum atomic E-state index is 12.0. The van der Waals surface area contributed by atoms with Gasteiger partial charge in [0.2, 0.25) is 11.8 Å². The molecule has 0 aromatic heterocycles. The van der Waals surface area contributed by atoms with E-state index in [2.05, 4.69) is 10.1 Å². The molecule has 1 fully saturated rings. The number of amides is 2. The van der Waals surface area contributed by atoms with Crippen molar-refractivity contribution >= 4 is 23.5 Å². The molecule has 1 aromatic carbocycles. The monoisotopic (exact) mass is 290 g/mol. The van der Waals surface area contributed by atoms with Gasteiger partial charge in [-0.15, -0.1) is 0 Å². The SMILES string of the molecule is COC(=O)c1ccccc1NC(=O)CN1CCCCC1=O. The topological polar surface area (TPSA) is 75.7 Å². The Kier molecular flexibility index (Phi) is 4.92. The molecule has 0 spiro atoms. The third-order valence-corrected chi connectivity index (χ3v) is 3.36. The van der Waals surface area contributed by atoms with Gasteiger partial charge in [0, 0.05) is 13.0 Å². The summed E-state index contributed by atoms with van der Waals surface area (Å²) < 4.78 is 4.67. The van der Waals surface area contributed by atoms with Gasteiger partial charge in [0.25, 0.3) is 0 Å². The molecule has 0 bridgehead atoms. The summed E-state index contributed by atoms with van der Waals surface area (Å²) in [7, 11) is 1.29. The largest absolute Gasteiger partial charge is 0.465 e. The van der Waals surface area contributed by atoms with Crippen molar-refractivity contribution in [3.8, 4) is 0 Å². The summed E-state index contributed by atoms with van der Waals surface area (Å²) in [5, 5.41) is 2.66. The molecular formula is C15H18N2O4. The number of ether oxygens (including phenoxy) is 1. The summed E-state index contributed by atoms with van der Waals surface area (Å²) in [4.78, 5) is 36.9. The molecule has 2 amide bonds. The zero-order chi connectivity index (χ0) is 15.2. The van der Waals surface area contributed by atoms with Gasteiger partial charge < -0.3 is 15.0 Å². The number of para-hydroxylation sites is 1. The fourth-order valence-corrected chi connectivity index (χ4v) is 2.27. The third kappa shape index (κ3) is 3.81. The summed E-state index contributed by atoms with van der Waals surface area (Å²) in [6.07, 6.45) is 2.28. The highest BCUT2D eigenvalue weighted by molar-refractivity contribution is 6.02. The second-order valence-corrected chi connectivity index (χ2v) is 4.86. The van der Waals surface area contributed by atoms with Crippen LogP contribution in [0, 0.1) is 0 Å². The van der Waals surface area contributed by atoms with E-state index in [1.807, 2.05) is 0 Å². The lowest BCUT2D eigenvalue weighted by molar-refractivity contribution is -0.136. The smallest absolute Gasteiger partial charge is 0.339 e. The molecule has 1 aromatic rings. The molecule has 6 heteroatoms. The lowest BCUT2D eigenvalue weighted by Gasteiger charge is -2.26. The van der Waals surface area contributed by atoms with Crippen molar-refractivity contribution in [1.82, 2.24) is 4.90 Å². The molecule has 0 radical (unpaired) electrons. The summed E-state index contributed by atoms with van der Waals surface area (Å²) in [5.74, 6) is -0.834. The van der Waals surface area contributed by atoms with Crippen LogP contribution >= 0.6 is 0 Å². The number of hydrogen-bond donors (Lipinski definition) is 1. The van der Waals surface area contributed by atoms with Gasteiger partial charge >= 0.3 is 5.97 Å². The van der Waals surface area contributed by atoms with Crippen LogP contribution in [0.2, 0.25) is 0 Å². The first-order valence-electron chi connectivity index (χ1n) is 6.87. The minimum absolute atomic E-state index is 0.00217. The molecule has 1 saturated heterocycles. The van der Waals surface area contributed by atoms with Crippen LogP contribution in [0.3, 0.4) is 0 Å². The molecule has 0 saturated carbocycles. The van der Waals surface area contributed by atoms with Crippen molar-refractivity contribution in [2.45, 2.75) is 19.3 Å². The first kappa shape index (κ1) is 15.0. The first-order valence-corrected chi connectivity index (χ1v) is 6.87. The number of nitrogens with one attached hydrogen (secondary N) is 1. The van der Waals surface area contributed by atoms with Gasteiger partial charge in [-0.25, -0.2) is 4.79 Å². The average molecular weight is 290 g/mol. The van der Waals surface area contributed by atoms with Crippen LogP contribution in [0.1, 0.15) is 29.6 Å². The Morgan fingerprint density at radius 1 is 1.29 bits per heavy atom. The van der Waals surface area contributed by atoms with E-state index in [1.165, 1.54) is 7.11 Å². The molecular weight excluding hydrogens is 272 g/mol. The Morgan fingerprint density at radius 3 is 2.76 bits per heavy atom. The number of nitrogens with zero attached hydrogens (tertiary/aromatic N) is 1. The van der Waals surface area contributed by atoms with Crippen LogP contribution in [0.25, 0.3) is 0 Å². The van der Waals surface area contributed by atoms with E-state index in [0.29, 0.717) is 24.2 Å². The fraction of sp³-hybridized carbons (Fsp3) is 0.400. The number of hydrogen-bond acceptors (Lipinski definition) is 4. The van der Waals surface area contributed by atoms with Gasteiger partial charge in [-0.05, 0) is 25.0 Å². The highest BCUT2D eigenvalue weighted by Gasteiger charge is 2.21. The van der Waals surface area contributed by atoms with Gasteiger partial charge in [0.05, 0.1) is 24.9 Å². The van der Waals surface area contributed by atoms with Gasteiger partial charge in [-0.3, -0.25) is 9.59 Å². The van der Waals surface area contributed by atoms with Crippen LogP contribution in [0.15, 0.2) is 24.3 Å². The average Bonchev–Trinajstić information content (AvgIpc) is 2.49. The number of piperidine rings is 1. The summed E-state index contributed by atoms with van der Waals surface area (Å²) >= 11 is 0. The lowest BCUT2D eigenvalue weighted by Crippen LogP contribution is -2.40. The molecule has 1 aliphatic heterocycles. The van der Waals surface area contributed by atoms with Crippen molar-refractivity contribution < 1.29 is 19.1 Å². The van der Waals surface area contributed by atoms with Crippen molar-refractivity contribution in [2.24, 2.45) is 0 Å². The number of benzene rings is 1. The number of rotatable bonds is 4. The Hall–Kier alpha value is -2.37. The van der Waals surface area contributed by atoms with E-state index in [-0.39, 0.29) is 18.4 Å².